The van der Waals surface area contributed by atoms with Gasteiger partial charge in [0.15, 0.2) is 0 Å². The summed E-state index contributed by atoms with van der Waals surface area (Å²) in [6, 6.07) is 0.328. The summed E-state index contributed by atoms with van der Waals surface area (Å²) in [6.45, 7) is 11.6. The summed E-state index contributed by atoms with van der Waals surface area (Å²) in [5.41, 5.74) is 0. The second kappa shape index (κ2) is 9.44. The minimum Gasteiger partial charge on any atom is -0.380 e. The molecular weight excluding hydrogens is 178 g/mol. The molecule has 0 aromatic carbocycles. The summed E-state index contributed by atoms with van der Waals surface area (Å²) in [6.07, 6.45) is 1.37. The third-order valence-electron chi connectivity index (χ3n) is 1.79. The fourth-order valence-corrected chi connectivity index (χ4v) is 1.13. The van der Waals surface area contributed by atoms with Gasteiger partial charge in [-0.05, 0) is 26.8 Å². The van der Waals surface area contributed by atoms with E-state index in [1.165, 1.54) is 0 Å². The Morgan fingerprint density at radius 3 is 2.36 bits per heavy atom. The minimum atomic E-state index is 0.294. The first-order valence-corrected chi connectivity index (χ1v) is 5.63. The molecule has 1 atom stereocenters. The maximum atomic E-state index is 5.54. The average molecular weight is 203 g/mol. The van der Waals surface area contributed by atoms with E-state index in [0.29, 0.717) is 12.1 Å². The van der Waals surface area contributed by atoms with Crippen molar-refractivity contribution in [1.82, 2.24) is 5.32 Å². The van der Waals surface area contributed by atoms with E-state index in [4.69, 9.17) is 9.47 Å². The van der Waals surface area contributed by atoms with E-state index in [1.54, 1.807) is 0 Å². The van der Waals surface area contributed by atoms with Crippen LogP contribution in [-0.4, -0.2) is 38.5 Å². The Bertz CT molecular complexity index is 118. The molecule has 3 heteroatoms. The molecule has 86 valence electrons. The van der Waals surface area contributed by atoms with Crippen molar-refractivity contribution in [2.24, 2.45) is 0 Å². The quantitative estimate of drug-likeness (QED) is 0.580. The molecule has 1 unspecified atom stereocenters. The molecule has 0 aromatic heterocycles. The van der Waals surface area contributed by atoms with Gasteiger partial charge < -0.3 is 14.8 Å². The molecule has 0 amide bonds. The summed E-state index contributed by atoms with van der Waals surface area (Å²) in [5.74, 6) is 0. The SMILES string of the molecule is CCCOCC(COC(C)C)NCC. The Hall–Kier alpha value is -0.120. The molecule has 0 radical (unpaired) electrons. The summed E-state index contributed by atoms with van der Waals surface area (Å²) >= 11 is 0. The van der Waals surface area contributed by atoms with Crippen molar-refractivity contribution >= 4 is 0 Å². The number of hydrogen-bond acceptors (Lipinski definition) is 3. The molecule has 0 bridgehead atoms. The molecule has 0 aliphatic carbocycles. The molecule has 0 aliphatic heterocycles. The fourth-order valence-electron chi connectivity index (χ4n) is 1.13. The summed E-state index contributed by atoms with van der Waals surface area (Å²) in [7, 11) is 0. The van der Waals surface area contributed by atoms with E-state index in [9.17, 15) is 0 Å². The van der Waals surface area contributed by atoms with Gasteiger partial charge in [-0.2, -0.15) is 0 Å². The van der Waals surface area contributed by atoms with Crippen molar-refractivity contribution in [2.75, 3.05) is 26.4 Å². The summed E-state index contributed by atoms with van der Waals surface area (Å²) in [5, 5.41) is 3.35. The minimum absolute atomic E-state index is 0.294. The number of nitrogens with one attached hydrogen (secondary N) is 1. The largest absolute Gasteiger partial charge is 0.380 e. The van der Waals surface area contributed by atoms with Crippen LogP contribution in [0.3, 0.4) is 0 Å². The Morgan fingerprint density at radius 1 is 1.14 bits per heavy atom. The number of hydrogen-bond donors (Lipinski definition) is 1. The van der Waals surface area contributed by atoms with Crippen molar-refractivity contribution in [1.29, 1.82) is 0 Å². The van der Waals surface area contributed by atoms with Crippen molar-refractivity contribution < 1.29 is 9.47 Å². The van der Waals surface area contributed by atoms with Crippen LogP contribution in [0.1, 0.15) is 34.1 Å². The molecule has 0 heterocycles. The highest BCUT2D eigenvalue weighted by Gasteiger charge is 2.08. The molecule has 14 heavy (non-hydrogen) atoms. The highest BCUT2D eigenvalue weighted by atomic mass is 16.5. The van der Waals surface area contributed by atoms with Crippen LogP contribution in [-0.2, 0) is 9.47 Å². The van der Waals surface area contributed by atoms with Gasteiger partial charge in [-0.1, -0.05) is 13.8 Å². The molecule has 3 nitrogen and oxygen atoms in total. The van der Waals surface area contributed by atoms with Crippen molar-refractivity contribution in [3.63, 3.8) is 0 Å². The van der Waals surface area contributed by atoms with Crippen molar-refractivity contribution in [3.8, 4) is 0 Å². The van der Waals surface area contributed by atoms with Gasteiger partial charge in [0.2, 0.25) is 0 Å². The monoisotopic (exact) mass is 203 g/mol. The van der Waals surface area contributed by atoms with Crippen LogP contribution >= 0.6 is 0 Å². The van der Waals surface area contributed by atoms with E-state index in [2.05, 4.69) is 33.0 Å². The average Bonchev–Trinajstić information content (AvgIpc) is 2.14. The number of rotatable bonds is 9. The highest BCUT2D eigenvalue weighted by molar-refractivity contribution is 4.64. The molecule has 0 saturated carbocycles. The van der Waals surface area contributed by atoms with Gasteiger partial charge in [-0.15, -0.1) is 0 Å². The van der Waals surface area contributed by atoms with Crippen LogP contribution in [0, 0.1) is 0 Å². The lowest BCUT2D eigenvalue weighted by Crippen LogP contribution is -2.38. The fraction of sp³-hybridized carbons (Fsp3) is 1.00. The van der Waals surface area contributed by atoms with Gasteiger partial charge >= 0.3 is 0 Å². The second-order valence-corrected chi connectivity index (χ2v) is 3.71. The van der Waals surface area contributed by atoms with E-state index in [-0.39, 0.29) is 0 Å². The second-order valence-electron chi connectivity index (χ2n) is 3.71. The van der Waals surface area contributed by atoms with Crippen LogP contribution in [0.2, 0.25) is 0 Å². The zero-order valence-electron chi connectivity index (χ0n) is 10.0. The van der Waals surface area contributed by atoms with Crippen LogP contribution in [0.5, 0.6) is 0 Å². The van der Waals surface area contributed by atoms with Gasteiger partial charge in [0.1, 0.15) is 0 Å². The third-order valence-corrected chi connectivity index (χ3v) is 1.79. The van der Waals surface area contributed by atoms with Gasteiger partial charge in [-0.25, -0.2) is 0 Å². The normalized spacial score (nSPS) is 13.5. The van der Waals surface area contributed by atoms with Crippen LogP contribution in [0.4, 0.5) is 0 Å². The lowest BCUT2D eigenvalue weighted by Gasteiger charge is -2.19. The van der Waals surface area contributed by atoms with Crippen LogP contribution < -0.4 is 5.32 Å². The zero-order valence-corrected chi connectivity index (χ0v) is 10.0. The zero-order chi connectivity index (χ0) is 10.8. The standard InChI is InChI=1S/C11H25NO2/c1-5-7-13-8-11(12-6-2)9-14-10(3)4/h10-12H,5-9H2,1-4H3. The first kappa shape index (κ1) is 13.9. The Balaban J connectivity index is 3.54. The lowest BCUT2D eigenvalue weighted by atomic mass is 10.3. The Morgan fingerprint density at radius 2 is 1.86 bits per heavy atom. The summed E-state index contributed by atoms with van der Waals surface area (Å²) < 4.78 is 11.0. The lowest BCUT2D eigenvalue weighted by molar-refractivity contribution is 0.0293. The van der Waals surface area contributed by atoms with Crippen LogP contribution in [0.15, 0.2) is 0 Å². The highest BCUT2D eigenvalue weighted by Crippen LogP contribution is 1.94. The van der Waals surface area contributed by atoms with Crippen molar-refractivity contribution in [3.05, 3.63) is 0 Å². The van der Waals surface area contributed by atoms with Crippen LogP contribution in [0.25, 0.3) is 0 Å². The molecule has 0 saturated heterocycles. The maximum absolute atomic E-state index is 5.54. The molecule has 1 N–H and O–H groups in total. The third kappa shape index (κ3) is 8.48. The Labute approximate surface area is 88.2 Å². The first-order valence-electron chi connectivity index (χ1n) is 5.63. The first-order chi connectivity index (χ1) is 6.70. The van der Waals surface area contributed by atoms with E-state index < -0.39 is 0 Å². The van der Waals surface area contributed by atoms with Gasteiger partial charge in [0.05, 0.1) is 25.4 Å². The molecule has 0 rings (SSSR count). The van der Waals surface area contributed by atoms with Gasteiger partial charge in [-0.3, -0.25) is 0 Å². The molecule has 0 aliphatic rings. The van der Waals surface area contributed by atoms with E-state index in [1.807, 2.05) is 0 Å². The molecular formula is C11H25NO2. The number of ether oxygens (including phenoxy) is 2. The van der Waals surface area contributed by atoms with E-state index in [0.717, 1.165) is 32.8 Å². The maximum Gasteiger partial charge on any atom is 0.0645 e. The molecule has 0 spiro atoms. The number of likely N-dealkylation sites (N-methyl/N-ethyl adjacent to an activating group) is 1. The van der Waals surface area contributed by atoms with E-state index >= 15 is 0 Å². The predicted molar refractivity (Wildman–Crippen MR) is 59.7 cm³/mol. The Kier molecular flexibility index (Phi) is 9.35. The predicted octanol–water partition coefficient (Wildman–Crippen LogP) is 1.82. The van der Waals surface area contributed by atoms with Gasteiger partial charge in [0.25, 0.3) is 0 Å². The summed E-state index contributed by atoms with van der Waals surface area (Å²) in [4.78, 5) is 0. The molecule has 0 fully saturated rings. The topological polar surface area (TPSA) is 30.5 Å². The smallest absolute Gasteiger partial charge is 0.0645 e. The van der Waals surface area contributed by atoms with Crippen molar-refractivity contribution in [2.45, 2.75) is 46.3 Å². The molecule has 0 aromatic rings. The van der Waals surface area contributed by atoms with Gasteiger partial charge in [0, 0.05) is 6.61 Å².